The van der Waals surface area contributed by atoms with Crippen LogP contribution in [0.3, 0.4) is 0 Å². The smallest absolute Gasteiger partial charge is 0.418 e. The molecule has 10 aromatic rings. The minimum Gasteiger partial charge on any atom is -0.418 e. The summed E-state index contributed by atoms with van der Waals surface area (Å²) in [6, 6.07) is 72.6. The van der Waals surface area contributed by atoms with Crippen LogP contribution in [-0.2, 0) is 0 Å². The summed E-state index contributed by atoms with van der Waals surface area (Å²) in [5.41, 5.74) is 34.8. The number of rotatable bonds is 32. The molecule has 24 heteroatoms. The lowest BCUT2D eigenvalue weighted by Gasteiger charge is -2.27. The number of aromatic amines is 4. The predicted molar refractivity (Wildman–Crippen MR) is 537 cm³/mol. The van der Waals surface area contributed by atoms with Gasteiger partial charge in [0.25, 0.3) is 0 Å². The second-order valence-corrected chi connectivity index (χ2v) is 38.0. The van der Waals surface area contributed by atoms with Gasteiger partial charge in [0.05, 0.1) is 0 Å². The molecule has 4 aliphatic rings. The molecule has 4 atom stereocenters. The lowest BCUT2D eigenvalue weighted by atomic mass is 9.77. The SMILES string of the molecule is CCCCCCC1(C)C=CC(c2cc(-c3ccc(-c4cc(C5=CCC(C)(CCCCCC)C=C5)[nH+]c(-c5ccc(C)cc5)c4)cc3)cc(-c3ccc(C)cc3)[nH+]2)=CC1.CCCCCCC1(C)C=CC(c2cc(-c3ccc(-c4cc(C5=CCC(C)(CCCCCC)C=C5)[nH+]c(-c5ccc(C)cc5)c4)cc3)cc(-c3ccc(C)cc3)[nH+]2)=CC1.F[B-](F)(F)F.F[B-](F)(F)F.F[B-](F)(F)F.F[B-](F)(F)F. The number of H-pyrrole nitrogens is 4. The summed E-state index contributed by atoms with van der Waals surface area (Å²) < 4.78 is 156. The summed E-state index contributed by atoms with van der Waals surface area (Å²) in [5.74, 6) is 0. The third-order valence-corrected chi connectivity index (χ3v) is 25.5. The van der Waals surface area contributed by atoms with Gasteiger partial charge in [-0.05, 0) is 194 Å². The van der Waals surface area contributed by atoms with E-state index in [1.54, 1.807) is 0 Å². The van der Waals surface area contributed by atoms with Gasteiger partial charge in [0.15, 0.2) is 0 Å². The van der Waals surface area contributed by atoms with Crippen molar-refractivity contribution in [1.29, 1.82) is 0 Å². The van der Waals surface area contributed by atoms with Crippen LogP contribution >= 0.6 is 0 Å². The topological polar surface area (TPSA) is 56.6 Å². The number of allylic oxidation sites excluding steroid dienone is 16. The van der Waals surface area contributed by atoms with E-state index >= 15 is 0 Å². The average Bonchev–Trinajstić information content (AvgIpc) is 0.814. The van der Waals surface area contributed by atoms with Crippen LogP contribution in [0.1, 0.15) is 255 Å². The first-order chi connectivity index (χ1) is 64.2. The summed E-state index contributed by atoms with van der Waals surface area (Å²) in [6.45, 7) is 27.5. The van der Waals surface area contributed by atoms with E-state index in [0.717, 1.165) is 48.5 Å². The van der Waals surface area contributed by atoms with E-state index < -0.39 is 29.0 Å². The van der Waals surface area contributed by atoms with Crippen LogP contribution in [0.25, 0.3) is 112 Å². The Morgan fingerprint density at radius 3 is 0.515 bits per heavy atom. The minimum absolute atomic E-state index is 0.233. The van der Waals surface area contributed by atoms with Gasteiger partial charge in [-0.15, -0.1) is 0 Å². The fraction of sp³-hybridized carbons (Fsp3) is 0.357. The first-order valence-electron chi connectivity index (χ1n) is 48.1. The predicted octanol–water partition coefficient (Wildman–Crippen LogP) is 35.7. The molecule has 4 unspecified atom stereocenters. The van der Waals surface area contributed by atoms with Crippen LogP contribution in [0, 0.1) is 49.4 Å². The molecule has 4 aromatic heterocycles. The van der Waals surface area contributed by atoms with Crippen molar-refractivity contribution in [3.8, 4) is 89.5 Å². The van der Waals surface area contributed by atoms with E-state index in [9.17, 15) is 69.1 Å². The number of aryl methyl sites for hydroxylation is 4. The third kappa shape index (κ3) is 37.5. The highest BCUT2D eigenvalue weighted by atomic mass is 19.5. The van der Waals surface area contributed by atoms with Crippen LogP contribution in [0.5, 0.6) is 0 Å². The molecule has 4 aliphatic carbocycles. The van der Waals surface area contributed by atoms with Crippen LogP contribution in [0.4, 0.5) is 69.1 Å². The Bertz CT molecular complexity index is 5030. The molecule has 0 bridgehead atoms. The Morgan fingerprint density at radius 1 is 0.213 bits per heavy atom. The number of halogens is 16. The zero-order valence-electron chi connectivity index (χ0n) is 80.7. The van der Waals surface area contributed by atoms with Gasteiger partial charge in [-0.25, -0.2) is 19.9 Å². The first kappa shape index (κ1) is 109. The van der Waals surface area contributed by atoms with Crippen LogP contribution in [0.15, 0.2) is 267 Å². The molecule has 0 saturated heterocycles. The van der Waals surface area contributed by atoms with E-state index in [-0.39, 0.29) is 21.7 Å². The fourth-order valence-electron chi connectivity index (χ4n) is 17.3. The summed E-state index contributed by atoms with van der Waals surface area (Å²) in [7, 11) is -24.0. The number of nitrogens with one attached hydrogen (secondary N) is 4. The van der Waals surface area contributed by atoms with Gasteiger partial charge in [0.1, 0.15) is 0 Å². The van der Waals surface area contributed by atoms with Crippen molar-refractivity contribution in [2.75, 3.05) is 0 Å². The molecular weight excluding hydrogens is 1750 g/mol. The van der Waals surface area contributed by atoms with Gasteiger partial charge in [-0.1, -0.05) is 350 Å². The van der Waals surface area contributed by atoms with Gasteiger partial charge < -0.3 is 69.1 Å². The molecule has 4 heterocycles. The highest BCUT2D eigenvalue weighted by Gasteiger charge is 2.32. The van der Waals surface area contributed by atoms with Crippen molar-refractivity contribution in [1.82, 2.24) is 0 Å². The second-order valence-electron chi connectivity index (χ2n) is 38.0. The lowest BCUT2D eigenvalue weighted by Crippen LogP contribution is -2.18. The number of unbranched alkanes of at least 4 members (excludes halogenated alkanes) is 12. The summed E-state index contributed by atoms with van der Waals surface area (Å²) in [5, 5.41) is 0. The standard InChI is InChI=1S/2C56H64N2.4BF4/c2*1-7-9-11-13-31-55(5)33-27-47(28-34-55)53-39-49(37-51(57-53)45-19-15-41(3)16-20-45)43-23-25-44(26-24-43)50-38-52(46-21-17-42(4)18-22-46)58-54(40-50)48-29-35-56(6,36-30-48)32-14-12-10-8-2;4*2-1(3,4)5/h2*15-30,33,35,37-40H,7-14,31-32,34,36H2,1-6H3;;;;/q;;4*-1/p+4. The number of pyridine rings is 4. The Balaban J connectivity index is 0.000000254. The molecule has 136 heavy (non-hydrogen) atoms. The summed E-state index contributed by atoms with van der Waals surface area (Å²) in [4.78, 5) is 15.3. The summed E-state index contributed by atoms with van der Waals surface area (Å²) >= 11 is 0. The summed E-state index contributed by atoms with van der Waals surface area (Å²) in [6.07, 6.45) is 59.4. The molecule has 0 saturated carbocycles. The van der Waals surface area contributed by atoms with Crippen LogP contribution in [0.2, 0.25) is 0 Å². The highest BCUT2D eigenvalue weighted by molar-refractivity contribution is 6.51. The first-order valence-corrected chi connectivity index (χ1v) is 48.1. The molecule has 0 amide bonds. The van der Waals surface area contributed by atoms with Gasteiger partial charge >= 0.3 is 29.0 Å². The maximum absolute atomic E-state index is 9.75. The Kier molecular flexibility index (Phi) is 40.2. The van der Waals surface area contributed by atoms with Crippen molar-refractivity contribution < 1.29 is 89.0 Å². The molecule has 0 fully saturated rings. The number of benzene rings is 6. The Morgan fingerprint density at radius 2 is 0.368 bits per heavy atom. The monoisotopic (exact) mass is 1880 g/mol. The van der Waals surface area contributed by atoms with E-state index in [4.69, 9.17) is 0 Å². The lowest BCUT2D eigenvalue weighted by molar-refractivity contribution is -0.368. The second kappa shape index (κ2) is 50.3. The van der Waals surface area contributed by atoms with Crippen molar-refractivity contribution in [3.63, 3.8) is 0 Å². The Hall–Kier alpha value is -11.0. The quantitative estimate of drug-likeness (QED) is 0.0229. The molecule has 0 aliphatic heterocycles. The van der Waals surface area contributed by atoms with E-state index in [1.807, 2.05) is 0 Å². The highest BCUT2D eigenvalue weighted by Crippen LogP contribution is 2.44. The minimum atomic E-state index is -6.00. The third-order valence-electron chi connectivity index (χ3n) is 25.5. The zero-order valence-corrected chi connectivity index (χ0v) is 80.7. The van der Waals surface area contributed by atoms with E-state index in [1.165, 1.54) is 262 Å². The molecule has 4 nitrogen and oxygen atoms in total. The molecule has 724 valence electrons. The van der Waals surface area contributed by atoms with Gasteiger partial charge in [-0.3, -0.25) is 0 Å². The number of hydrogen-bond donors (Lipinski definition) is 0. The molecule has 6 aromatic carbocycles. The van der Waals surface area contributed by atoms with Crippen molar-refractivity contribution in [2.24, 2.45) is 21.7 Å². The molecule has 4 N–H and O–H groups in total. The maximum atomic E-state index is 9.75. The molecule has 0 radical (unpaired) electrons. The van der Waals surface area contributed by atoms with Gasteiger partial charge in [0, 0.05) is 93.1 Å². The number of aromatic nitrogens is 4. The zero-order chi connectivity index (χ0) is 99.1. The van der Waals surface area contributed by atoms with Gasteiger partial charge in [-0.2, -0.15) is 0 Å². The van der Waals surface area contributed by atoms with E-state index in [2.05, 4.69) is 370 Å². The fourth-order valence-corrected chi connectivity index (χ4v) is 17.3. The molecule has 0 spiro atoms. The van der Waals surface area contributed by atoms with Crippen molar-refractivity contribution in [2.45, 2.75) is 237 Å². The van der Waals surface area contributed by atoms with E-state index in [0.29, 0.717) is 0 Å². The number of hydrogen-bond acceptors (Lipinski definition) is 0. The molecular formula is C112H132B4F16N4. The largest absolute Gasteiger partial charge is 0.673 e. The van der Waals surface area contributed by atoms with Crippen molar-refractivity contribution in [3.05, 3.63) is 312 Å². The van der Waals surface area contributed by atoms with Crippen molar-refractivity contribution >= 4 is 51.3 Å². The van der Waals surface area contributed by atoms with Crippen LogP contribution in [-0.4, -0.2) is 29.0 Å². The normalized spacial score (nSPS) is 17.9. The van der Waals surface area contributed by atoms with Crippen LogP contribution < -0.4 is 19.9 Å². The van der Waals surface area contributed by atoms with Gasteiger partial charge in [0.2, 0.25) is 45.6 Å². The Labute approximate surface area is 796 Å². The molecule has 14 rings (SSSR count). The average molecular weight is 1880 g/mol. The maximum Gasteiger partial charge on any atom is 0.673 e.